The van der Waals surface area contributed by atoms with Gasteiger partial charge in [-0.3, -0.25) is 9.59 Å². The van der Waals surface area contributed by atoms with E-state index in [1.165, 1.54) is 11.4 Å². The number of carbonyl (C=O) groups excluding carboxylic acids is 2. The predicted molar refractivity (Wildman–Crippen MR) is 120 cm³/mol. The highest BCUT2D eigenvalue weighted by molar-refractivity contribution is 7.89. The van der Waals surface area contributed by atoms with Gasteiger partial charge in [0.2, 0.25) is 10.0 Å². The smallest absolute Gasteiger partial charge is 0.309 e. The van der Waals surface area contributed by atoms with Crippen molar-refractivity contribution in [3.63, 3.8) is 0 Å². The Morgan fingerprint density at radius 1 is 1.16 bits per heavy atom. The highest BCUT2D eigenvalue weighted by Crippen LogP contribution is 2.31. The molecule has 10 heteroatoms. The first-order chi connectivity index (χ1) is 15.2. The van der Waals surface area contributed by atoms with Gasteiger partial charge in [-0.2, -0.15) is 4.31 Å². The van der Waals surface area contributed by atoms with Gasteiger partial charge in [0.1, 0.15) is 5.75 Å². The Labute approximate surface area is 192 Å². The van der Waals surface area contributed by atoms with Crippen molar-refractivity contribution in [1.29, 1.82) is 0 Å². The normalized spacial score (nSPS) is 15.2. The lowest BCUT2D eigenvalue weighted by atomic mass is 9.98. The minimum Gasteiger partial charge on any atom is -0.495 e. The summed E-state index contributed by atoms with van der Waals surface area (Å²) in [4.78, 5) is 24.9. The fourth-order valence-electron chi connectivity index (χ4n) is 3.44. The molecule has 1 heterocycles. The first-order valence-corrected chi connectivity index (χ1v) is 11.9. The predicted octanol–water partition coefficient (Wildman–Crippen LogP) is 3.24. The topological polar surface area (TPSA) is 102 Å². The summed E-state index contributed by atoms with van der Waals surface area (Å²) in [5, 5.41) is 3.15. The van der Waals surface area contributed by atoms with Crippen molar-refractivity contribution < 1.29 is 27.5 Å². The largest absolute Gasteiger partial charge is 0.495 e. The van der Waals surface area contributed by atoms with Crippen LogP contribution in [-0.2, 0) is 24.3 Å². The Morgan fingerprint density at radius 3 is 2.44 bits per heavy atom. The summed E-state index contributed by atoms with van der Waals surface area (Å²) in [6.45, 7) is 1.77. The Balaban J connectivity index is 1.50. The molecule has 1 amide bonds. The second-order valence-corrected chi connectivity index (χ2v) is 9.79. The molecule has 0 unspecified atom stereocenters. The first kappa shape index (κ1) is 24.0. The zero-order valence-corrected chi connectivity index (χ0v) is 19.4. The molecule has 0 aliphatic carbocycles. The molecule has 1 N–H and O–H groups in total. The third-order valence-corrected chi connectivity index (χ3v) is 7.59. The van der Waals surface area contributed by atoms with Crippen LogP contribution in [0.2, 0.25) is 5.02 Å². The number of anilines is 1. The van der Waals surface area contributed by atoms with Crippen LogP contribution in [0.15, 0.2) is 47.4 Å². The molecule has 32 heavy (non-hydrogen) atoms. The number of aryl methyl sites for hydroxylation is 1. The van der Waals surface area contributed by atoms with Crippen molar-refractivity contribution in [1.82, 2.24) is 4.31 Å². The lowest BCUT2D eigenvalue weighted by Gasteiger charge is -2.30. The van der Waals surface area contributed by atoms with E-state index in [4.69, 9.17) is 21.1 Å². The number of piperidine rings is 1. The van der Waals surface area contributed by atoms with Crippen LogP contribution in [0.4, 0.5) is 5.69 Å². The Morgan fingerprint density at radius 2 is 1.81 bits per heavy atom. The highest BCUT2D eigenvalue weighted by atomic mass is 35.5. The number of nitrogens with one attached hydrogen (secondary N) is 1. The summed E-state index contributed by atoms with van der Waals surface area (Å²) in [5.74, 6) is -1.09. The molecule has 1 saturated heterocycles. The molecule has 2 aromatic rings. The van der Waals surface area contributed by atoms with Crippen molar-refractivity contribution in [3.8, 4) is 5.75 Å². The minimum atomic E-state index is -3.59. The maximum Gasteiger partial charge on any atom is 0.309 e. The zero-order chi connectivity index (χ0) is 23.3. The Hall–Kier alpha value is -2.62. The molecule has 2 aromatic carbocycles. The monoisotopic (exact) mass is 480 g/mol. The van der Waals surface area contributed by atoms with Crippen LogP contribution in [0.25, 0.3) is 0 Å². The van der Waals surface area contributed by atoms with Crippen molar-refractivity contribution in [2.75, 3.05) is 32.1 Å². The van der Waals surface area contributed by atoms with Gasteiger partial charge >= 0.3 is 5.97 Å². The number of amides is 1. The molecular weight excluding hydrogens is 456 g/mol. The van der Waals surface area contributed by atoms with Crippen LogP contribution in [0.1, 0.15) is 18.4 Å². The number of carbonyl (C=O) groups is 2. The van der Waals surface area contributed by atoms with Gasteiger partial charge in [-0.05, 0) is 43.5 Å². The number of rotatable bonds is 7. The number of hydrogen-bond acceptors (Lipinski definition) is 6. The maximum absolute atomic E-state index is 12.7. The Kier molecular flexibility index (Phi) is 7.76. The molecule has 0 saturated carbocycles. The number of benzene rings is 2. The molecule has 0 bridgehead atoms. The third kappa shape index (κ3) is 5.59. The molecule has 172 valence electrons. The lowest BCUT2D eigenvalue weighted by molar-refractivity contribution is -0.152. The van der Waals surface area contributed by atoms with Gasteiger partial charge in [0, 0.05) is 24.2 Å². The number of hydrogen-bond donors (Lipinski definition) is 1. The third-order valence-electron chi connectivity index (χ3n) is 5.27. The average molecular weight is 481 g/mol. The van der Waals surface area contributed by atoms with Crippen LogP contribution < -0.4 is 10.1 Å². The van der Waals surface area contributed by atoms with Gasteiger partial charge in [0.25, 0.3) is 5.91 Å². The van der Waals surface area contributed by atoms with E-state index in [1.807, 2.05) is 0 Å². The molecular formula is C22H25ClN2O6S. The van der Waals surface area contributed by atoms with E-state index in [0.29, 0.717) is 29.3 Å². The lowest BCUT2D eigenvalue weighted by Crippen LogP contribution is -2.40. The summed E-state index contributed by atoms with van der Waals surface area (Å²) in [7, 11) is -2.13. The van der Waals surface area contributed by atoms with E-state index in [9.17, 15) is 18.0 Å². The Bertz CT molecular complexity index is 1080. The number of methoxy groups -OCH3 is 1. The summed E-state index contributed by atoms with van der Waals surface area (Å²) < 4.78 is 37.1. The van der Waals surface area contributed by atoms with E-state index in [0.717, 1.165) is 5.56 Å². The van der Waals surface area contributed by atoms with Crippen molar-refractivity contribution in [2.45, 2.75) is 24.7 Å². The van der Waals surface area contributed by atoms with Crippen LogP contribution in [0.5, 0.6) is 5.75 Å². The van der Waals surface area contributed by atoms with Crippen LogP contribution in [-0.4, -0.2) is 51.4 Å². The van der Waals surface area contributed by atoms with E-state index < -0.39 is 34.4 Å². The van der Waals surface area contributed by atoms with Crippen LogP contribution in [0, 0.1) is 12.8 Å². The van der Waals surface area contributed by atoms with E-state index in [2.05, 4.69) is 5.32 Å². The number of ether oxygens (including phenoxy) is 2. The summed E-state index contributed by atoms with van der Waals surface area (Å²) in [6.07, 6.45) is 0.660. The second kappa shape index (κ2) is 10.3. The van der Waals surface area contributed by atoms with Gasteiger partial charge in [-0.15, -0.1) is 0 Å². The second-order valence-electron chi connectivity index (χ2n) is 7.45. The van der Waals surface area contributed by atoms with E-state index >= 15 is 0 Å². The fraction of sp³-hybridized carbons (Fsp3) is 0.364. The van der Waals surface area contributed by atoms with E-state index in [1.54, 1.807) is 49.4 Å². The van der Waals surface area contributed by atoms with Crippen molar-refractivity contribution in [3.05, 3.63) is 53.1 Å². The zero-order valence-electron chi connectivity index (χ0n) is 17.8. The van der Waals surface area contributed by atoms with Crippen LogP contribution >= 0.6 is 11.6 Å². The standard InChI is InChI=1S/C22H25ClN2O6S/c1-15-12-19(20(30-2)13-18(15)23)24-21(26)14-31-22(27)16-8-10-25(11-9-16)32(28,29)17-6-4-3-5-7-17/h3-7,12-13,16H,8-11,14H2,1-2H3,(H,24,26). The summed E-state index contributed by atoms with van der Waals surface area (Å²) >= 11 is 6.06. The van der Waals surface area contributed by atoms with Crippen molar-refractivity contribution >= 4 is 39.2 Å². The number of nitrogens with zero attached hydrogens (tertiary/aromatic N) is 1. The molecule has 0 aromatic heterocycles. The number of halogens is 1. The van der Waals surface area contributed by atoms with Gasteiger partial charge in [-0.1, -0.05) is 29.8 Å². The molecule has 1 fully saturated rings. The number of sulfonamides is 1. The number of esters is 1. The van der Waals surface area contributed by atoms with Crippen LogP contribution in [0.3, 0.4) is 0 Å². The quantitative estimate of drug-likeness (QED) is 0.610. The molecule has 1 aliphatic heterocycles. The molecule has 3 rings (SSSR count). The first-order valence-electron chi connectivity index (χ1n) is 10.1. The fourth-order valence-corrected chi connectivity index (χ4v) is 5.09. The molecule has 0 radical (unpaired) electrons. The SMILES string of the molecule is COc1cc(Cl)c(C)cc1NC(=O)COC(=O)C1CCN(S(=O)(=O)c2ccccc2)CC1. The van der Waals surface area contributed by atoms with Gasteiger partial charge in [0.15, 0.2) is 6.61 Å². The van der Waals surface area contributed by atoms with Gasteiger partial charge in [-0.25, -0.2) is 8.42 Å². The van der Waals surface area contributed by atoms with Gasteiger partial charge in [0.05, 0.1) is 23.6 Å². The molecule has 1 aliphatic rings. The van der Waals surface area contributed by atoms with E-state index in [-0.39, 0.29) is 18.0 Å². The minimum absolute atomic E-state index is 0.213. The molecule has 8 nitrogen and oxygen atoms in total. The molecule has 0 atom stereocenters. The van der Waals surface area contributed by atoms with Gasteiger partial charge < -0.3 is 14.8 Å². The van der Waals surface area contributed by atoms with Crippen molar-refractivity contribution in [2.24, 2.45) is 5.92 Å². The maximum atomic E-state index is 12.7. The average Bonchev–Trinajstić information content (AvgIpc) is 2.80. The summed E-state index contributed by atoms with van der Waals surface area (Å²) in [5.41, 5.74) is 1.19. The summed E-state index contributed by atoms with van der Waals surface area (Å²) in [6, 6.07) is 11.4. The highest BCUT2D eigenvalue weighted by Gasteiger charge is 2.33. The molecule has 0 spiro atoms.